The van der Waals surface area contributed by atoms with E-state index in [1.165, 1.54) is 19.9 Å². The standard InChI is InChI=1S/C27H33ClN6O3/c1-4-33-11-13-34(14-12-33)23-9-7-22(8-10-23)31-27-29-17-19(18-30-27)5-6-20-15-21(26(35)32-37-3)16-24(36-2)25(20)28/h7-10,15-18H,4-6,11-14H2,1-3H3,(H,32,35)(H,29,30,31). The van der Waals surface area contributed by atoms with Crippen LogP contribution in [0, 0.1) is 0 Å². The lowest BCUT2D eigenvalue weighted by molar-refractivity contribution is 0.0537. The highest BCUT2D eigenvalue weighted by atomic mass is 35.5. The molecule has 3 aromatic rings. The number of carbonyl (C=O) groups is 1. The maximum atomic E-state index is 12.2. The Balaban J connectivity index is 1.35. The lowest BCUT2D eigenvalue weighted by Gasteiger charge is -2.35. The molecule has 2 N–H and O–H groups in total. The highest BCUT2D eigenvalue weighted by molar-refractivity contribution is 6.33. The summed E-state index contributed by atoms with van der Waals surface area (Å²) in [6.07, 6.45) is 4.83. The van der Waals surface area contributed by atoms with E-state index in [0.717, 1.165) is 49.5 Å². The fourth-order valence-electron chi connectivity index (χ4n) is 4.30. The molecule has 1 amide bonds. The number of aryl methyl sites for hydroxylation is 2. The molecule has 0 saturated carbocycles. The number of carbonyl (C=O) groups excluding carboxylic acids is 1. The first kappa shape index (κ1) is 26.7. The van der Waals surface area contributed by atoms with Crippen LogP contribution in [0.15, 0.2) is 48.8 Å². The van der Waals surface area contributed by atoms with Crippen LogP contribution in [0.4, 0.5) is 17.3 Å². The summed E-state index contributed by atoms with van der Waals surface area (Å²) in [5.74, 6) is 0.598. The molecule has 4 rings (SSSR count). The Labute approximate surface area is 222 Å². The van der Waals surface area contributed by atoms with Gasteiger partial charge in [-0.15, -0.1) is 0 Å². The Kier molecular flexibility index (Phi) is 9.16. The summed E-state index contributed by atoms with van der Waals surface area (Å²) in [5.41, 5.74) is 6.64. The highest BCUT2D eigenvalue weighted by Crippen LogP contribution is 2.31. The van der Waals surface area contributed by atoms with Gasteiger partial charge in [0.2, 0.25) is 5.95 Å². The Bertz CT molecular complexity index is 1180. The third-order valence-electron chi connectivity index (χ3n) is 6.49. The third kappa shape index (κ3) is 6.88. The number of aromatic nitrogens is 2. The van der Waals surface area contributed by atoms with E-state index in [4.69, 9.17) is 21.2 Å². The molecule has 0 atom stereocenters. The van der Waals surface area contributed by atoms with Crippen LogP contribution in [0.1, 0.15) is 28.4 Å². The maximum Gasteiger partial charge on any atom is 0.274 e. The average molecular weight is 525 g/mol. The molecule has 10 heteroatoms. The zero-order chi connectivity index (χ0) is 26.2. The van der Waals surface area contributed by atoms with E-state index in [-0.39, 0.29) is 5.91 Å². The van der Waals surface area contributed by atoms with Gasteiger partial charge < -0.3 is 19.9 Å². The second-order valence-corrected chi connectivity index (χ2v) is 9.17. The number of anilines is 3. The Morgan fingerprint density at radius 3 is 2.35 bits per heavy atom. The second kappa shape index (κ2) is 12.7. The first-order valence-corrected chi connectivity index (χ1v) is 12.7. The Morgan fingerprint density at radius 2 is 1.73 bits per heavy atom. The van der Waals surface area contributed by atoms with E-state index in [9.17, 15) is 4.79 Å². The first-order chi connectivity index (χ1) is 18.0. The van der Waals surface area contributed by atoms with Gasteiger partial charge in [-0.3, -0.25) is 9.63 Å². The summed E-state index contributed by atoms with van der Waals surface area (Å²) in [7, 11) is 2.90. The lowest BCUT2D eigenvalue weighted by atomic mass is 10.0. The van der Waals surface area contributed by atoms with Crippen molar-refractivity contribution >= 4 is 34.8 Å². The van der Waals surface area contributed by atoms with Gasteiger partial charge in [-0.1, -0.05) is 18.5 Å². The van der Waals surface area contributed by atoms with E-state index >= 15 is 0 Å². The molecule has 1 fully saturated rings. The summed E-state index contributed by atoms with van der Waals surface area (Å²) in [4.78, 5) is 30.7. The fraction of sp³-hybridized carbons (Fsp3) is 0.370. The number of nitrogens with one attached hydrogen (secondary N) is 2. The molecule has 9 nitrogen and oxygen atoms in total. The fourth-order valence-corrected chi connectivity index (χ4v) is 4.58. The number of hydrogen-bond donors (Lipinski definition) is 2. The number of hydroxylamine groups is 1. The molecule has 1 aliphatic heterocycles. The molecule has 1 saturated heterocycles. The van der Waals surface area contributed by atoms with Gasteiger partial charge in [-0.05, 0) is 66.9 Å². The summed E-state index contributed by atoms with van der Waals surface area (Å²) >= 11 is 6.48. The maximum absolute atomic E-state index is 12.2. The van der Waals surface area contributed by atoms with E-state index in [2.05, 4.69) is 61.8 Å². The quantitative estimate of drug-likeness (QED) is 0.383. The van der Waals surface area contributed by atoms with Crippen LogP contribution in [-0.4, -0.2) is 67.7 Å². The highest BCUT2D eigenvalue weighted by Gasteiger charge is 2.16. The summed E-state index contributed by atoms with van der Waals surface area (Å²) in [6.45, 7) is 7.62. The SMILES string of the molecule is CCN1CCN(c2ccc(Nc3ncc(CCc4cc(C(=O)NOC)cc(OC)c4Cl)cn3)cc2)CC1. The van der Waals surface area contributed by atoms with E-state index in [1.807, 2.05) is 0 Å². The lowest BCUT2D eigenvalue weighted by Crippen LogP contribution is -2.46. The number of likely N-dealkylation sites (N-methyl/N-ethyl adjacent to an activating group) is 1. The van der Waals surface area contributed by atoms with Gasteiger partial charge in [0.05, 0.1) is 19.2 Å². The number of nitrogens with zero attached hydrogens (tertiary/aromatic N) is 4. The minimum absolute atomic E-state index is 0.371. The topological polar surface area (TPSA) is 91.9 Å². The number of rotatable bonds is 10. The van der Waals surface area contributed by atoms with E-state index in [1.54, 1.807) is 24.5 Å². The number of ether oxygens (including phenoxy) is 1. The number of amides is 1. The predicted octanol–water partition coefficient (Wildman–Crippen LogP) is 4.10. The first-order valence-electron chi connectivity index (χ1n) is 12.4. The van der Waals surface area contributed by atoms with Crippen LogP contribution in [-0.2, 0) is 17.7 Å². The third-order valence-corrected chi connectivity index (χ3v) is 6.92. The molecular weight excluding hydrogens is 492 g/mol. The molecule has 2 aromatic carbocycles. The zero-order valence-corrected chi connectivity index (χ0v) is 22.2. The van der Waals surface area contributed by atoms with Crippen LogP contribution in [0.5, 0.6) is 5.75 Å². The molecule has 0 spiro atoms. The smallest absolute Gasteiger partial charge is 0.274 e. The van der Waals surface area contributed by atoms with E-state index < -0.39 is 0 Å². The van der Waals surface area contributed by atoms with Crippen molar-refractivity contribution in [2.75, 3.05) is 57.2 Å². The Morgan fingerprint density at radius 1 is 1.03 bits per heavy atom. The largest absolute Gasteiger partial charge is 0.495 e. The number of piperazine rings is 1. The van der Waals surface area contributed by atoms with Crippen LogP contribution >= 0.6 is 11.6 Å². The molecule has 1 aromatic heterocycles. The van der Waals surface area contributed by atoms with Gasteiger partial charge >= 0.3 is 0 Å². The van der Waals surface area contributed by atoms with Crippen molar-refractivity contribution in [2.24, 2.45) is 0 Å². The molecule has 2 heterocycles. The molecule has 196 valence electrons. The average Bonchev–Trinajstić information content (AvgIpc) is 2.94. The van der Waals surface area contributed by atoms with Gasteiger partial charge in [-0.25, -0.2) is 15.4 Å². The van der Waals surface area contributed by atoms with Crippen LogP contribution in [0.3, 0.4) is 0 Å². The van der Waals surface area contributed by atoms with Gasteiger partial charge in [0, 0.05) is 55.5 Å². The van der Waals surface area contributed by atoms with Crippen molar-refractivity contribution in [3.8, 4) is 5.75 Å². The molecule has 0 aliphatic carbocycles. The van der Waals surface area contributed by atoms with Crippen molar-refractivity contribution in [2.45, 2.75) is 19.8 Å². The van der Waals surface area contributed by atoms with Crippen molar-refractivity contribution in [3.05, 3.63) is 70.5 Å². The normalized spacial score (nSPS) is 13.9. The van der Waals surface area contributed by atoms with Gasteiger partial charge in [0.15, 0.2) is 0 Å². The van der Waals surface area contributed by atoms with E-state index in [0.29, 0.717) is 35.1 Å². The van der Waals surface area contributed by atoms with Gasteiger partial charge in [-0.2, -0.15) is 0 Å². The summed E-state index contributed by atoms with van der Waals surface area (Å²) < 4.78 is 5.34. The summed E-state index contributed by atoms with van der Waals surface area (Å²) in [6, 6.07) is 11.7. The van der Waals surface area contributed by atoms with Crippen molar-refractivity contribution in [1.29, 1.82) is 0 Å². The van der Waals surface area contributed by atoms with Gasteiger partial charge in [0.1, 0.15) is 5.75 Å². The van der Waals surface area contributed by atoms with Crippen LogP contribution in [0.25, 0.3) is 0 Å². The predicted molar refractivity (Wildman–Crippen MR) is 146 cm³/mol. The monoisotopic (exact) mass is 524 g/mol. The molecular formula is C27H33ClN6O3. The number of benzene rings is 2. The second-order valence-electron chi connectivity index (χ2n) is 8.80. The summed E-state index contributed by atoms with van der Waals surface area (Å²) in [5, 5.41) is 3.74. The number of halogens is 1. The van der Waals surface area contributed by atoms with Crippen molar-refractivity contribution in [1.82, 2.24) is 20.3 Å². The Hall–Kier alpha value is -3.40. The van der Waals surface area contributed by atoms with Crippen LogP contribution < -0.4 is 20.4 Å². The molecule has 1 aliphatic rings. The molecule has 0 radical (unpaired) electrons. The van der Waals surface area contributed by atoms with Crippen molar-refractivity contribution < 1.29 is 14.4 Å². The molecule has 37 heavy (non-hydrogen) atoms. The number of methoxy groups -OCH3 is 1. The number of hydrogen-bond acceptors (Lipinski definition) is 8. The van der Waals surface area contributed by atoms with Crippen molar-refractivity contribution in [3.63, 3.8) is 0 Å². The molecule has 0 unspecified atom stereocenters. The zero-order valence-electron chi connectivity index (χ0n) is 21.5. The van der Waals surface area contributed by atoms with Crippen LogP contribution in [0.2, 0.25) is 5.02 Å². The minimum atomic E-state index is -0.371. The minimum Gasteiger partial charge on any atom is -0.495 e. The molecule has 0 bridgehead atoms. The van der Waals surface area contributed by atoms with Gasteiger partial charge in [0.25, 0.3) is 5.91 Å².